The van der Waals surface area contributed by atoms with E-state index in [9.17, 15) is 4.79 Å². The minimum absolute atomic E-state index is 0.188. The highest BCUT2D eigenvalue weighted by Crippen LogP contribution is 2.38. The topological polar surface area (TPSA) is 57.1 Å². The lowest BCUT2D eigenvalue weighted by molar-refractivity contribution is -0.129. The van der Waals surface area contributed by atoms with E-state index < -0.39 is 5.97 Å². The van der Waals surface area contributed by atoms with Crippen molar-refractivity contribution in [2.45, 2.75) is 20.5 Å². The molecule has 5 nitrogen and oxygen atoms in total. The van der Waals surface area contributed by atoms with Gasteiger partial charge in [-0.15, -0.1) is 0 Å². The number of aliphatic imine (C=N–C) groups is 1. The van der Waals surface area contributed by atoms with Gasteiger partial charge in [0.25, 0.3) is 0 Å². The molecule has 33 heavy (non-hydrogen) atoms. The quantitative estimate of drug-likeness (QED) is 0.192. The van der Waals surface area contributed by atoms with Crippen molar-refractivity contribution in [3.63, 3.8) is 0 Å². The summed E-state index contributed by atoms with van der Waals surface area (Å²) in [4.78, 5) is 16.8. The number of carbonyl (C=O) groups is 1. The third-order valence-electron chi connectivity index (χ3n) is 5.05. The van der Waals surface area contributed by atoms with E-state index in [1.807, 2.05) is 50.2 Å². The molecule has 0 radical (unpaired) electrons. The zero-order valence-corrected chi connectivity index (χ0v) is 21.2. The van der Waals surface area contributed by atoms with E-state index in [1.165, 1.54) is 0 Å². The highest BCUT2D eigenvalue weighted by Gasteiger charge is 2.25. The predicted octanol–water partition coefficient (Wildman–Crippen LogP) is 6.49. The molecule has 0 aliphatic carbocycles. The van der Waals surface area contributed by atoms with Crippen molar-refractivity contribution < 1.29 is 19.0 Å². The third kappa shape index (κ3) is 5.39. The van der Waals surface area contributed by atoms with E-state index in [0.717, 1.165) is 25.8 Å². The lowest BCUT2D eigenvalue weighted by atomic mass is 10.1. The lowest BCUT2D eigenvalue weighted by Gasteiger charge is -2.13. The number of benzene rings is 3. The van der Waals surface area contributed by atoms with Gasteiger partial charge in [-0.1, -0.05) is 41.4 Å². The van der Waals surface area contributed by atoms with Crippen LogP contribution in [0.2, 0.25) is 5.02 Å². The minimum Gasteiger partial charge on any atom is -0.493 e. The fraction of sp³-hybridized carbons (Fsp3) is 0.154. The fourth-order valence-electron chi connectivity index (χ4n) is 3.39. The largest absolute Gasteiger partial charge is 0.493 e. The van der Waals surface area contributed by atoms with Gasteiger partial charge in [-0.2, -0.15) is 0 Å². The first-order valence-corrected chi connectivity index (χ1v) is 11.6. The van der Waals surface area contributed by atoms with E-state index >= 15 is 0 Å². The summed E-state index contributed by atoms with van der Waals surface area (Å²) in [6.07, 6.45) is 1.62. The number of hydrogen-bond donors (Lipinski definition) is 0. The number of methoxy groups -OCH3 is 1. The number of halogens is 2. The molecule has 0 saturated heterocycles. The number of nitrogens with zero attached hydrogens (tertiary/aromatic N) is 1. The van der Waals surface area contributed by atoms with Crippen LogP contribution in [0.3, 0.4) is 0 Å². The first kappa shape index (κ1) is 23.3. The Balaban J connectivity index is 1.59. The second-order valence-corrected chi connectivity index (χ2v) is 9.18. The van der Waals surface area contributed by atoms with Crippen LogP contribution < -0.4 is 9.47 Å². The van der Waals surface area contributed by atoms with Crippen molar-refractivity contribution in [2.24, 2.45) is 4.99 Å². The number of esters is 1. The molecule has 0 N–H and O–H groups in total. The van der Waals surface area contributed by atoms with Crippen molar-refractivity contribution >= 4 is 52.1 Å². The van der Waals surface area contributed by atoms with Crippen molar-refractivity contribution in [3.05, 3.63) is 96.7 Å². The highest BCUT2D eigenvalue weighted by atomic mass is 127. The van der Waals surface area contributed by atoms with Gasteiger partial charge in [-0.3, -0.25) is 0 Å². The summed E-state index contributed by atoms with van der Waals surface area (Å²) in [5, 5.41) is 0.373. The molecule has 0 fully saturated rings. The van der Waals surface area contributed by atoms with Crippen LogP contribution in [0.4, 0.5) is 0 Å². The minimum atomic E-state index is -0.518. The molecule has 3 aromatic carbocycles. The number of cyclic esters (lactones) is 1. The molecule has 0 saturated carbocycles. The average molecular weight is 574 g/mol. The Morgan fingerprint density at radius 2 is 1.94 bits per heavy atom. The van der Waals surface area contributed by atoms with Gasteiger partial charge >= 0.3 is 5.97 Å². The van der Waals surface area contributed by atoms with Crippen LogP contribution in [0, 0.1) is 17.4 Å². The van der Waals surface area contributed by atoms with Gasteiger partial charge in [0.1, 0.15) is 6.61 Å². The van der Waals surface area contributed by atoms with Gasteiger partial charge < -0.3 is 14.2 Å². The monoisotopic (exact) mass is 573 g/mol. The normalized spacial score (nSPS) is 14.3. The van der Waals surface area contributed by atoms with E-state index in [2.05, 4.69) is 33.6 Å². The number of rotatable bonds is 6. The van der Waals surface area contributed by atoms with Crippen LogP contribution in [-0.4, -0.2) is 19.0 Å². The first-order chi connectivity index (χ1) is 15.8. The SMILES string of the molecule is COc1cc(/C=C2\N=C(c3ccc(I)c(C)c3)OC2=O)cc(Cl)c1OCc1cccc(C)c1. The van der Waals surface area contributed by atoms with E-state index in [1.54, 1.807) is 25.3 Å². The number of hydrogen-bond acceptors (Lipinski definition) is 5. The average Bonchev–Trinajstić information content (AvgIpc) is 3.14. The Bertz CT molecular complexity index is 1300. The number of ether oxygens (including phenoxy) is 3. The van der Waals surface area contributed by atoms with Gasteiger partial charge in [0.05, 0.1) is 12.1 Å². The first-order valence-electron chi connectivity index (χ1n) is 10.2. The van der Waals surface area contributed by atoms with Gasteiger partial charge in [-0.05, 0) is 89.5 Å². The third-order valence-corrected chi connectivity index (χ3v) is 6.54. The molecular formula is C26H21ClINO4. The smallest absolute Gasteiger partial charge is 0.363 e. The maximum absolute atomic E-state index is 12.4. The van der Waals surface area contributed by atoms with Crippen molar-refractivity contribution in [1.82, 2.24) is 0 Å². The van der Waals surface area contributed by atoms with Crippen LogP contribution in [0.15, 0.2) is 65.3 Å². The van der Waals surface area contributed by atoms with Crippen molar-refractivity contribution in [1.29, 1.82) is 0 Å². The molecule has 4 rings (SSSR count). The van der Waals surface area contributed by atoms with Gasteiger partial charge in [-0.25, -0.2) is 9.79 Å². The van der Waals surface area contributed by atoms with E-state index in [-0.39, 0.29) is 11.6 Å². The Morgan fingerprint density at radius 3 is 2.67 bits per heavy atom. The Morgan fingerprint density at radius 1 is 1.12 bits per heavy atom. The van der Waals surface area contributed by atoms with Crippen molar-refractivity contribution in [3.8, 4) is 11.5 Å². The highest BCUT2D eigenvalue weighted by molar-refractivity contribution is 14.1. The summed E-state index contributed by atoms with van der Waals surface area (Å²) in [6.45, 7) is 4.38. The summed E-state index contributed by atoms with van der Waals surface area (Å²) >= 11 is 8.76. The molecule has 1 aliphatic rings. The summed E-state index contributed by atoms with van der Waals surface area (Å²) in [7, 11) is 1.54. The van der Waals surface area contributed by atoms with Crippen LogP contribution in [0.25, 0.3) is 6.08 Å². The van der Waals surface area contributed by atoms with E-state index in [0.29, 0.717) is 28.7 Å². The zero-order chi connectivity index (χ0) is 23.5. The summed E-state index contributed by atoms with van der Waals surface area (Å²) in [5.41, 5.74) is 4.85. The van der Waals surface area contributed by atoms with Crippen molar-refractivity contribution in [2.75, 3.05) is 7.11 Å². The lowest BCUT2D eigenvalue weighted by Crippen LogP contribution is -2.05. The molecule has 1 aliphatic heterocycles. The molecular weight excluding hydrogens is 553 g/mol. The van der Waals surface area contributed by atoms with Crippen LogP contribution >= 0.6 is 34.2 Å². The van der Waals surface area contributed by atoms with Crippen LogP contribution in [0.1, 0.15) is 27.8 Å². The molecule has 168 valence electrons. The standard InChI is InChI=1S/C26H21ClINO4/c1-15-5-4-6-17(9-15)14-32-24-20(27)11-18(13-23(24)31-3)12-22-26(30)33-25(29-22)19-7-8-21(28)16(2)10-19/h4-13H,14H2,1-3H3/b22-12-. The molecule has 0 atom stereocenters. The van der Waals surface area contributed by atoms with Gasteiger partial charge in [0.15, 0.2) is 17.2 Å². The molecule has 0 bridgehead atoms. The Hall–Kier alpha value is -2.84. The van der Waals surface area contributed by atoms with E-state index in [4.69, 9.17) is 25.8 Å². The Kier molecular flexibility index (Phi) is 7.05. The molecule has 1 heterocycles. The van der Waals surface area contributed by atoms with Gasteiger partial charge in [0.2, 0.25) is 5.90 Å². The molecule has 0 aromatic heterocycles. The van der Waals surface area contributed by atoms with Crippen LogP contribution in [0.5, 0.6) is 11.5 Å². The summed E-state index contributed by atoms with van der Waals surface area (Å²) in [6, 6.07) is 17.3. The molecule has 0 spiro atoms. The molecule has 7 heteroatoms. The second-order valence-electron chi connectivity index (χ2n) is 7.61. The predicted molar refractivity (Wildman–Crippen MR) is 138 cm³/mol. The maximum Gasteiger partial charge on any atom is 0.363 e. The summed E-state index contributed by atoms with van der Waals surface area (Å²) in [5.74, 6) is 0.666. The molecule has 0 unspecified atom stereocenters. The summed E-state index contributed by atoms with van der Waals surface area (Å²) < 4.78 is 18.0. The van der Waals surface area contributed by atoms with Crippen LogP contribution in [-0.2, 0) is 16.1 Å². The Labute approximate surface area is 211 Å². The number of carbonyl (C=O) groups excluding carboxylic acids is 1. The molecule has 0 amide bonds. The fourth-order valence-corrected chi connectivity index (χ4v) is 4.00. The van der Waals surface area contributed by atoms with Gasteiger partial charge in [0, 0.05) is 9.13 Å². The zero-order valence-electron chi connectivity index (χ0n) is 18.3. The molecule has 3 aromatic rings. The second kappa shape index (κ2) is 9.97. The maximum atomic E-state index is 12.4. The number of aryl methyl sites for hydroxylation is 2.